The normalized spacial score (nSPS) is 11.4. The smallest absolute Gasteiger partial charge is 0.343 e. The average molecular weight is 407 g/mol. The van der Waals surface area contributed by atoms with Gasteiger partial charge in [0.25, 0.3) is 5.56 Å². The van der Waals surface area contributed by atoms with Crippen LogP contribution in [-0.4, -0.2) is 55.6 Å². The van der Waals surface area contributed by atoms with Crippen LogP contribution in [0.1, 0.15) is 33.8 Å². The van der Waals surface area contributed by atoms with Crippen LogP contribution in [0.5, 0.6) is 23.0 Å². The maximum Gasteiger partial charge on any atom is 0.343 e. The molecular formula is C19H21NO9. The minimum Gasteiger partial charge on any atom is -0.506 e. The van der Waals surface area contributed by atoms with E-state index in [1.807, 2.05) is 0 Å². The molecule has 0 radical (unpaired) electrons. The molecule has 0 saturated carbocycles. The lowest BCUT2D eigenvalue weighted by Gasteiger charge is -2.20. The van der Waals surface area contributed by atoms with E-state index in [9.17, 15) is 24.6 Å². The Kier molecular flexibility index (Phi) is 6.71. The summed E-state index contributed by atoms with van der Waals surface area (Å²) in [4.78, 5) is 38.8. The number of esters is 2. The van der Waals surface area contributed by atoms with Crippen LogP contribution in [0, 0.1) is 0 Å². The number of H-pyrrole nitrogens is 1. The Morgan fingerprint density at radius 2 is 1.59 bits per heavy atom. The van der Waals surface area contributed by atoms with Gasteiger partial charge in [0.15, 0.2) is 11.5 Å². The summed E-state index contributed by atoms with van der Waals surface area (Å²) in [6.45, 7) is 0. The molecule has 1 heterocycles. The first-order valence-corrected chi connectivity index (χ1v) is 8.33. The minimum absolute atomic E-state index is 0.0225. The summed E-state index contributed by atoms with van der Waals surface area (Å²) in [7, 11) is 4.92. The van der Waals surface area contributed by atoms with Gasteiger partial charge in [-0.05, 0) is 17.7 Å². The van der Waals surface area contributed by atoms with Gasteiger partial charge >= 0.3 is 11.9 Å². The summed E-state index contributed by atoms with van der Waals surface area (Å²) in [6, 6.07) is 2.77. The minimum atomic E-state index is -1.06. The van der Waals surface area contributed by atoms with Crippen LogP contribution < -0.4 is 15.0 Å². The molecule has 156 valence electrons. The molecule has 1 atom stereocenters. The third-order valence-corrected chi connectivity index (χ3v) is 4.36. The first-order chi connectivity index (χ1) is 13.8. The van der Waals surface area contributed by atoms with Crippen molar-refractivity contribution in [2.75, 3.05) is 28.4 Å². The van der Waals surface area contributed by atoms with Crippen molar-refractivity contribution in [3.63, 3.8) is 0 Å². The van der Waals surface area contributed by atoms with Gasteiger partial charge in [-0.1, -0.05) is 0 Å². The molecule has 10 nitrogen and oxygen atoms in total. The van der Waals surface area contributed by atoms with Gasteiger partial charge < -0.3 is 34.1 Å². The molecule has 0 fully saturated rings. The molecule has 3 N–H and O–H groups in total. The molecule has 0 unspecified atom stereocenters. The van der Waals surface area contributed by atoms with Crippen LogP contribution in [0.4, 0.5) is 0 Å². The highest BCUT2D eigenvalue weighted by molar-refractivity contribution is 5.92. The van der Waals surface area contributed by atoms with E-state index in [2.05, 4.69) is 9.72 Å². The van der Waals surface area contributed by atoms with Crippen LogP contribution in [-0.2, 0) is 14.3 Å². The third kappa shape index (κ3) is 4.26. The quantitative estimate of drug-likeness (QED) is 0.578. The number of phenols is 1. The lowest BCUT2D eigenvalue weighted by molar-refractivity contribution is -0.140. The number of aromatic nitrogens is 1. The molecule has 0 bridgehead atoms. The van der Waals surface area contributed by atoms with E-state index in [1.165, 1.54) is 33.5 Å². The van der Waals surface area contributed by atoms with Crippen LogP contribution in [0.3, 0.4) is 0 Å². The largest absolute Gasteiger partial charge is 0.506 e. The number of aromatic amines is 1. The Labute approximate surface area is 165 Å². The Bertz CT molecular complexity index is 955. The second-order valence-electron chi connectivity index (χ2n) is 5.89. The predicted octanol–water partition coefficient (Wildman–Crippen LogP) is 1.28. The fraction of sp³-hybridized carbons (Fsp3) is 0.316. The summed E-state index contributed by atoms with van der Waals surface area (Å²) in [6.07, 6.45) is 0.662. The van der Waals surface area contributed by atoms with Crippen molar-refractivity contribution in [3.05, 3.63) is 45.4 Å². The monoisotopic (exact) mass is 407 g/mol. The first kappa shape index (κ1) is 21.6. The number of methoxy groups -OCH3 is 4. The average Bonchev–Trinajstić information content (AvgIpc) is 2.72. The van der Waals surface area contributed by atoms with Crippen molar-refractivity contribution < 1.29 is 38.7 Å². The maximum absolute atomic E-state index is 12.5. The number of rotatable bonds is 7. The molecule has 0 aliphatic heterocycles. The second kappa shape index (κ2) is 9.00. The predicted molar refractivity (Wildman–Crippen MR) is 99.8 cm³/mol. The van der Waals surface area contributed by atoms with Crippen molar-refractivity contribution in [1.29, 1.82) is 0 Å². The molecule has 0 spiro atoms. The Morgan fingerprint density at radius 1 is 1.00 bits per heavy atom. The zero-order chi connectivity index (χ0) is 21.7. The van der Waals surface area contributed by atoms with E-state index in [0.717, 1.165) is 13.3 Å². The van der Waals surface area contributed by atoms with E-state index in [-0.39, 0.29) is 34.8 Å². The summed E-state index contributed by atoms with van der Waals surface area (Å²) in [5, 5.41) is 20.7. The Morgan fingerprint density at radius 3 is 2.07 bits per heavy atom. The van der Waals surface area contributed by atoms with E-state index >= 15 is 0 Å². The Balaban J connectivity index is 2.79. The third-order valence-electron chi connectivity index (χ3n) is 4.36. The molecule has 10 heteroatoms. The van der Waals surface area contributed by atoms with E-state index < -0.39 is 29.2 Å². The molecular weight excluding hydrogens is 386 g/mol. The topological polar surface area (TPSA) is 144 Å². The van der Waals surface area contributed by atoms with Crippen molar-refractivity contribution in [1.82, 2.24) is 4.98 Å². The molecule has 0 aliphatic carbocycles. The zero-order valence-electron chi connectivity index (χ0n) is 16.3. The molecule has 1 aromatic carbocycles. The van der Waals surface area contributed by atoms with Crippen LogP contribution in [0.15, 0.2) is 23.1 Å². The number of hydrogen-bond acceptors (Lipinski definition) is 9. The number of aromatic hydroxyl groups is 2. The molecule has 0 aliphatic rings. The second-order valence-corrected chi connectivity index (χ2v) is 5.89. The number of carbonyl (C=O) groups is 2. The van der Waals surface area contributed by atoms with Gasteiger partial charge in [-0.15, -0.1) is 0 Å². The fourth-order valence-corrected chi connectivity index (χ4v) is 2.88. The number of nitrogens with one attached hydrogen (secondary N) is 1. The van der Waals surface area contributed by atoms with Gasteiger partial charge in [0.1, 0.15) is 11.3 Å². The molecule has 2 aromatic rings. The highest BCUT2D eigenvalue weighted by Gasteiger charge is 2.29. The van der Waals surface area contributed by atoms with Crippen molar-refractivity contribution in [2.45, 2.75) is 12.3 Å². The van der Waals surface area contributed by atoms with Gasteiger partial charge in [0, 0.05) is 12.1 Å². The van der Waals surface area contributed by atoms with Crippen molar-refractivity contribution in [3.8, 4) is 23.0 Å². The fourth-order valence-electron chi connectivity index (χ4n) is 2.88. The molecule has 0 saturated heterocycles. The van der Waals surface area contributed by atoms with Gasteiger partial charge in [0.2, 0.25) is 5.75 Å². The molecule has 1 aromatic heterocycles. The number of hydrogen-bond donors (Lipinski definition) is 3. The summed E-state index contributed by atoms with van der Waals surface area (Å²) < 4.78 is 19.5. The number of carbonyl (C=O) groups excluding carboxylic acids is 2. The van der Waals surface area contributed by atoms with Crippen LogP contribution in [0.2, 0.25) is 0 Å². The van der Waals surface area contributed by atoms with Gasteiger partial charge in [-0.2, -0.15) is 0 Å². The Hall–Kier alpha value is -3.69. The lowest BCUT2D eigenvalue weighted by atomic mass is 9.87. The summed E-state index contributed by atoms with van der Waals surface area (Å²) >= 11 is 0. The van der Waals surface area contributed by atoms with E-state index in [0.29, 0.717) is 5.56 Å². The van der Waals surface area contributed by atoms with E-state index in [4.69, 9.17) is 14.2 Å². The zero-order valence-corrected chi connectivity index (χ0v) is 16.3. The van der Waals surface area contributed by atoms with Crippen LogP contribution in [0.25, 0.3) is 0 Å². The van der Waals surface area contributed by atoms with Crippen molar-refractivity contribution >= 4 is 11.9 Å². The number of ether oxygens (including phenoxy) is 4. The van der Waals surface area contributed by atoms with Gasteiger partial charge in [-0.25, -0.2) is 4.79 Å². The highest BCUT2D eigenvalue weighted by Crippen LogP contribution is 2.42. The SMILES string of the molecule is COC(=O)C[C@H](c1cc(OC)c(O)c(OC)c1)c1c(O)c(C(=O)OC)c[nH]c1=O. The summed E-state index contributed by atoms with van der Waals surface area (Å²) in [5.41, 5.74) is -0.970. The lowest BCUT2D eigenvalue weighted by Crippen LogP contribution is -2.22. The molecule has 0 amide bonds. The first-order valence-electron chi connectivity index (χ1n) is 8.33. The standard InChI is InChI=1S/C19H21NO9/c1-26-12-5-9(6-13(27-2)17(12)23)10(7-14(21)28-3)15-16(22)11(19(25)29-4)8-20-18(15)24/h5-6,8,10,23H,7H2,1-4H3,(H2,20,22,24)/t10-/m1/s1. The number of benzene rings is 1. The van der Waals surface area contributed by atoms with Crippen molar-refractivity contribution in [2.24, 2.45) is 0 Å². The van der Waals surface area contributed by atoms with Gasteiger partial charge in [0.05, 0.1) is 40.4 Å². The highest BCUT2D eigenvalue weighted by atomic mass is 16.5. The molecule has 29 heavy (non-hydrogen) atoms. The van der Waals surface area contributed by atoms with Crippen LogP contribution >= 0.6 is 0 Å². The van der Waals surface area contributed by atoms with Gasteiger partial charge in [-0.3, -0.25) is 9.59 Å². The van der Waals surface area contributed by atoms with E-state index in [1.54, 1.807) is 0 Å². The molecule has 2 rings (SSSR count). The summed E-state index contributed by atoms with van der Waals surface area (Å²) in [5.74, 6) is -3.48. The maximum atomic E-state index is 12.5. The number of phenolic OH excluding ortho intramolecular Hbond substituents is 1. The number of pyridine rings is 1.